The van der Waals surface area contributed by atoms with E-state index in [2.05, 4.69) is 9.71 Å². The molecule has 0 aliphatic heterocycles. The molecule has 21 heavy (non-hydrogen) atoms. The Balaban J connectivity index is 2.32. The summed E-state index contributed by atoms with van der Waals surface area (Å²) in [6, 6.07) is 9.41. The molecule has 0 fully saturated rings. The first-order chi connectivity index (χ1) is 9.68. The van der Waals surface area contributed by atoms with Crippen molar-refractivity contribution < 1.29 is 16.8 Å². The van der Waals surface area contributed by atoms with Crippen LogP contribution in [-0.4, -0.2) is 28.1 Å². The molecule has 0 amide bonds. The molecule has 0 spiro atoms. The molecule has 1 heterocycles. The third-order valence-corrected chi connectivity index (χ3v) is 5.23. The van der Waals surface area contributed by atoms with Crippen LogP contribution in [0.25, 0.3) is 0 Å². The van der Waals surface area contributed by atoms with Gasteiger partial charge in [0.25, 0.3) is 10.0 Å². The molecule has 0 saturated carbocycles. The summed E-state index contributed by atoms with van der Waals surface area (Å²) in [5.41, 5.74) is 0. The summed E-state index contributed by atoms with van der Waals surface area (Å²) in [5, 5.41) is 0.155. The highest BCUT2D eigenvalue weighted by Gasteiger charge is 2.16. The molecule has 0 aliphatic carbocycles. The minimum absolute atomic E-state index is 0.0438. The molecule has 6 nitrogen and oxygen atoms in total. The number of pyridine rings is 1. The summed E-state index contributed by atoms with van der Waals surface area (Å²) < 4.78 is 49.2. The summed E-state index contributed by atoms with van der Waals surface area (Å²) >= 11 is 5.68. The molecule has 112 valence electrons. The van der Waals surface area contributed by atoms with Crippen molar-refractivity contribution in [2.24, 2.45) is 0 Å². The first-order valence-corrected chi connectivity index (χ1v) is 9.39. The standard InChI is InChI=1S/C12H11ClN2O4S2/c1-20(16,17)9-5-7-10(8-6-9)21(18,19)15-12-4-2-3-11(13)14-12/h2-8H,1H3,(H,14,15). The first kappa shape index (κ1) is 15.7. The highest BCUT2D eigenvalue weighted by Crippen LogP contribution is 2.18. The highest BCUT2D eigenvalue weighted by atomic mass is 35.5. The Labute approximate surface area is 127 Å². The Bertz CT molecular complexity index is 862. The molecular weight excluding hydrogens is 336 g/mol. The number of hydrogen-bond donors (Lipinski definition) is 1. The Kier molecular flexibility index (Phi) is 4.22. The van der Waals surface area contributed by atoms with Gasteiger partial charge in [0.15, 0.2) is 9.84 Å². The number of halogens is 1. The summed E-state index contributed by atoms with van der Waals surface area (Å²) in [7, 11) is -7.23. The van der Waals surface area contributed by atoms with Crippen molar-refractivity contribution in [3.8, 4) is 0 Å². The predicted octanol–water partition coefficient (Wildman–Crippen LogP) is 1.94. The van der Waals surface area contributed by atoms with Crippen LogP contribution in [-0.2, 0) is 19.9 Å². The lowest BCUT2D eigenvalue weighted by Crippen LogP contribution is -2.14. The maximum atomic E-state index is 12.1. The molecule has 1 aromatic carbocycles. The van der Waals surface area contributed by atoms with Gasteiger partial charge in [-0.15, -0.1) is 0 Å². The van der Waals surface area contributed by atoms with Crippen LogP contribution in [0.2, 0.25) is 5.15 Å². The average molecular weight is 347 g/mol. The molecule has 9 heteroatoms. The Morgan fingerprint density at radius 3 is 2.05 bits per heavy atom. The van der Waals surface area contributed by atoms with Gasteiger partial charge in [-0.05, 0) is 36.4 Å². The number of nitrogens with one attached hydrogen (secondary N) is 1. The quantitative estimate of drug-likeness (QED) is 0.854. The van der Waals surface area contributed by atoms with Gasteiger partial charge < -0.3 is 0 Å². The van der Waals surface area contributed by atoms with Crippen LogP contribution in [0.4, 0.5) is 5.82 Å². The van der Waals surface area contributed by atoms with E-state index in [1.165, 1.54) is 36.4 Å². The number of sulfone groups is 1. The second kappa shape index (κ2) is 5.63. The maximum Gasteiger partial charge on any atom is 0.263 e. The van der Waals surface area contributed by atoms with E-state index < -0.39 is 19.9 Å². The van der Waals surface area contributed by atoms with E-state index in [9.17, 15) is 16.8 Å². The van der Waals surface area contributed by atoms with Gasteiger partial charge in [0.2, 0.25) is 0 Å². The lowest BCUT2D eigenvalue weighted by Gasteiger charge is -2.08. The van der Waals surface area contributed by atoms with Gasteiger partial charge in [0.1, 0.15) is 11.0 Å². The van der Waals surface area contributed by atoms with Gasteiger partial charge in [-0.1, -0.05) is 17.7 Å². The zero-order valence-corrected chi connectivity index (χ0v) is 13.2. The Morgan fingerprint density at radius 2 is 1.52 bits per heavy atom. The molecule has 0 unspecified atom stereocenters. The van der Waals surface area contributed by atoms with Gasteiger partial charge in [-0.25, -0.2) is 21.8 Å². The largest absolute Gasteiger partial charge is 0.263 e. The van der Waals surface area contributed by atoms with Crippen molar-refractivity contribution in [2.45, 2.75) is 9.79 Å². The second-order valence-electron chi connectivity index (χ2n) is 4.19. The fourth-order valence-corrected chi connectivity index (χ4v) is 3.32. The number of aromatic nitrogens is 1. The summed E-state index contributed by atoms with van der Waals surface area (Å²) in [6.07, 6.45) is 1.05. The number of benzene rings is 1. The van der Waals surface area contributed by atoms with Crippen molar-refractivity contribution in [3.05, 3.63) is 47.6 Å². The zero-order chi connectivity index (χ0) is 15.7. The summed E-state index contributed by atoms with van der Waals surface area (Å²) in [6.45, 7) is 0. The first-order valence-electron chi connectivity index (χ1n) is 5.64. The molecule has 1 N–H and O–H groups in total. The topological polar surface area (TPSA) is 93.2 Å². The summed E-state index contributed by atoms with van der Waals surface area (Å²) in [4.78, 5) is 3.79. The van der Waals surface area contributed by atoms with Crippen LogP contribution in [0, 0.1) is 0 Å². The van der Waals surface area contributed by atoms with E-state index in [1.54, 1.807) is 6.07 Å². The molecule has 0 saturated heterocycles. The molecule has 0 bridgehead atoms. The molecule has 2 rings (SSSR count). The van der Waals surface area contributed by atoms with Crippen molar-refractivity contribution in [3.63, 3.8) is 0 Å². The van der Waals surface area contributed by atoms with E-state index in [1.807, 2.05) is 0 Å². The van der Waals surface area contributed by atoms with Crippen LogP contribution < -0.4 is 4.72 Å². The molecule has 0 aliphatic rings. The van der Waals surface area contributed by atoms with E-state index >= 15 is 0 Å². The number of hydrogen-bond acceptors (Lipinski definition) is 5. The second-order valence-corrected chi connectivity index (χ2v) is 8.28. The normalized spacial score (nSPS) is 12.1. The van der Waals surface area contributed by atoms with E-state index in [0.29, 0.717) is 0 Å². The highest BCUT2D eigenvalue weighted by molar-refractivity contribution is 7.92. The molecule has 2 aromatic rings. The third kappa shape index (κ3) is 3.93. The fraction of sp³-hybridized carbons (Fsp3) is 0.0833. The van der Waals surface area contributed by atoms with Crippen LogP contribution in [0.1, 0.15) is 0 Å². The van der Waals surface area contributed by atoms with Crippen LogP contribution in [0.3, 0.4) is 0 Å². The van der Waals surface area contributed by atoms with Crippen molar-refractivity contribution in [1.82, 2.24) is 4.98 Å². The minimum Gasteiger partial charge on any atom is -0.263 e. The Hall–Kier alpha value is -1.64. The van der Waals surface area contributed by atoms with E-state index in [4.69, 9.17) is 11.6 Å². The smallest absolute Gasteiger partial charge is 0.263 e. The van der Waals surface area contributed by atoms with Gasteiger partial charge in [-0.2, -0.15) is 0 Å². The Morgan fingerprint density at radius 1 is 0.952 bits per heavy atom. The number of rotatable bonds is 4. The molecular formula is C12H11ClN2O4S2. The zero-order valence-electron chi connectivity index (χ0n) is 10.8. The number of nitrogens with zero attached hydrogens (tertiary/aromatic N) is 1. The van der Waals surface area contributed by atoms with Gasteiger partial charge >= 0.3 is 0 Å². The lowest BCUT2D eigenvalue weighted by molar-refractivity contribution is 0.597. The minimum atomic E-state index is -3.86. The van der Waals surface area contributed by atoms with Gasteiger partial charge in [0, 0.05) is 6.26 Å². The monoisotopic (exact) mass is 346 g/mol. The number of anilines is 1. The third-order valence-electron chi connectivity index (χ3n) is 2.52. The molecule has 0 radical (unpaired) electrons. The van der Waals surface area contributed by atoms with Crippen molar-refractivity contribution in [1.29, 1.82) is 0 Å². The average Bonchev–Trinajstić information content (AvgIpc) is 2.37. The molecule has 0 atom stereocenters. The van der Waals surface area contributed by atoms with Gasteiger partial charge in [0.05, 0.1) is 9.79 Å². The fourth-order valence-electron chi connectivity index (χ4n) is 1.53. The summed E-state index contributed by atoms with van der Waals surface area (Å²) in [5.74, 6) is 0.0784. The van der Waals surface area contributed by atoms with E-state index in [-0.39, 0.29) is 20.8 Å². The van der Waals surface area contributed by atoms with Gasteiger partial charge in [-0.3, -0.25) is 4.72 Å². The van der Waals surface area contributed by atoms with Crippen LogP contribution in [0.15, 0.2) is 52.3 Å². The van der Waals surface area contributed by atoms with Crippen molar-refractivity contribution >= 4 is 37.3 Å². The SMILES string of the molecule is CS(=O)(=O)c1ccc(S(=O)(=O)Nc2cccc(Cl)n2)cc1. The maximum absolute atomic E-state index is 12.1. The predicted molar refractivity (Wildman–Crippen MR) is 79.6 cm³/mol. The molecule has 1 aromatic heterocycles. The number of sulfonamides is 1. The van der Waals surface area contributed by atoms with Crippen LogP contribution >= 0.6 is 11.6 Å². The lowest BCUT2D eigenvalue weighted by atomic mass is 10.4. The van der Waals surface area contributed by atoms with Crippen LogP contribution in [0.5, 0.6) is 0 Å². The van der Waals surface area contributed by atoms with Crippen molar-refractivity contribution in [2.75, 3.05) is 11.0 Å². The van der Waals surface area contributed by atoms with E-state index in [0.717, 1.165) is 6.26 Å².